The largest absolute Gasteiger partial charge is 0.444 e. The lowest BCUT2D eigenvalue weighted by molar-refractivity contribution is 0.0636. The molecule has 6 heteroatoms. The van der Waals surface area contributed by atoms with E-state index in [0.29, 0.717) is 12.2 Å². The predicted molar refractivity (Wildman–Crippen MR) is 80.7 cm³/mol. The number of ether oxygens (including phenoxy) is 1. The molecule has 20 heavy (non-hydrogen) atoms. The first-order valence-corrected chi connectivity index (χ1v) is 6.40. The maximum Gasteiger partial charge on any atom is 0.412 e. The number of benzene rings is 1. The summed E-state index contributed by atoms with van der Waals surface area (Å²) in [6.07, 6.45) is 0.274. The number of carbonyl (C=O) groups excluding carboxylic acids is 1. The standard InChI is InChI=1S/C14H22N4O2/c1-14(2,3)20-13(19)18-11-6-4-10(5-7-11)8-9-17-12(15)16/h4-7H,8-9H2,1-3H3,(H,18,19)(H4,15,16,17). The minimum absolute atomic E-state index is 0.0909. The molecular formula is C14H22N4O2. The number of rotatable bonds is 4. The van der Waals surface area contributed by atoms with Gasteiger partial charge in [0.15, 0.2) is 5.96 Å². The Bertz CT molecular complexity index is 471. The highest BCUT2D eigenvalue weighted by Gasteiger charge is 2.15. The summed E-state index contributed by atoms with van der Waals surface area (Å²) in [6.45, 7) is 6.00. The summed E-state index contributed by atoms with van der Waals surface area (Å²) in [5.74, 6) is 0.0909. The van der Waals surface area contributed by atoms with Crippen LogP contribution >= 0.6 is 0 Å². The van der Waals surface area contributed by atoms with Crippen molar-refractivity contribution in [3.8, 4) is 0 Å². The molecule has 0 aromatic heterocycles. The van der Waals surface area contributed by atoms with Crippen molar-refractivity contribution in [1.29, 1.82) is 0 Å². The van der Waals surface area contributed by atoms with Crippen LogP contribution < -0.4 is 16.8 Å². The molecule has 0 heterocycles. The van der Waals surface area contributed by atoms with Crippen molar-refractivity contribution in [1.82, 2.24) is 0 Å². The second-order valence-electron chi connectivity index (χ2n) is 5.38. The van der Waals surface area contributed by atoms with Gasteiger partial charge >= 0.3 is 6.09 Å². The molecule has 0 aliphatic heterocycles. The molecule has 0 fully saturated rings. The average Bonchev–Trinajstić information content (AvgIpc) is 2.28. The third-order valence-electron chi connectivity index (χ3n) is 2.29. The Balaban J connectivity index is 2.50. The van der Waals surface area contributed by atoms with Gasteiger partial charge in [0.2, 0.25) is 0 Å². The zero-order valence-electron chi connectivity index (χ0n) is 12.1. The Morgan fingerprint density at radius 2 is 1.85 bits per heavy atom. The first kappa shape index (κ1) is 15.8. The quantitative estimate of drug-likeness (QED) is 0.577. The van der Waals surface area contributed by atoms with E-state index in [1.165, 1.54) is 0 Å². The number of aliphatic imine (C=N–C) groups is 1. The van der Waals surface area contributed by atoms with E-state index in [9.17, 15) is 4.79 Å². The molecule has 110 valence electrons. The molecule has 0 atom stereocenters. The topological polar surface area (TPSA) is 103 Å². The molecule has 6 nitrogen and oxygen atoms in total. The summed E-state index contributed by atoms with van der Waals surface area (Å²) in [4.78, 5) is 15.5. The monoisotopic (exact) mass is 278 g/mol. The second kappa shape index (κ2) is 6.79. The third-order valence-corrected chi connectivity index (χ3v) is 2.29. The van der Waals surface area contributed by atoms with Gasteiger partial charge in [-0.25, -0.2) is 4.79 Å². The number of hydrogen-bond acceptors (Lipinski definition) is 3. The number of nitrogens with one attached hydrogen (secondary N) is 1. The molecule has 0 bridgehead atoms. The normalized spacial score (nSPS) is 10.8. The van der Waals surface area contributed by atoms with Gasteiger partial charge in [-0.1, -0.05) is 12.1 Å². The number of carbonyl (C=O) groups is 1. The molecule has 5 N–H and O–H groups in total. The molecule has 0 spiro atoms. The van der Waals surface area contributed by atoms with Crippen LogP contribution in [-0.2, 0) is 11.2 Å². The fourth-order valence-electron chi connectivity index (χ4n) is 1.49. The summed E-state index contributed by atoms with van der Waals surface area (Å²) in [5.41, 5.74) is 11.8. The molecule has 1 aromatic rings. The van der Waals surface area contributed by atoms with Crippen molar-refractivity contribution in [2.75, 3.05) is 11.9 Å². The van der Waals surface area contributed by atoms with Crippen LogP contribution in [0, 0.1) is 0 Å². The van der Waals surface area contributed by atoms with Crippen molar-refractivity contribution >= 4 is 17.7 Å². The summed E-state index contributed by atoms with van der Waals surface area (Å²) >= 11 is 0. The first-order valence-electron chi connectivity index (χ1n) is 6.40. The molecule has 0 saturated heterocycles. The number of anilines is 1. The predicted octanol–water partition coefficient (Wildman–Crippen LogP) is 1.85. The molecule has 0 aliphatic carbocycles. The van der Waals surface area contributed by atoms with Crippen LogP contribution in [0.15, 0.2) is 29.3 Å². The lowest BCUT2D eigenvalue weighted by Gasteiger charge is -2.19. The summed E-state index contributed by atoms with van der Waals surface area (Å²) in [5, 5.41) is 2.67. The zero-order valence-corrected chi connectivity index (χ0v) is 12.1. The van der Waals surface area contributed by atoms with E-state index in [1.807, 2.05) is 45.0 Å². The van der Waals surface area contributed by atoms with Crippen molar-refractivity contribution in [2.45, 2.75) is 32.8 Å². The number of nitrogens with zero attached hydrogens (tertiary/aromatic N) is 1. The minimum atomic E-state index is -0.510. The lowest BCUT2D eigenvalue weighted by atomic mass is 10.1. The van der Waals surface area contributed by atoms with Gasteiger partial charge < -0.3 is 16.2 Å². The fourth-order valence-corrected chi connectivity index (χ4v) is 1.49. The highest BCUT2D eigenvalue weighted by Crippen LogP contribution is 2.13. The molecular weight excluding hydrogens is 256 g/mol. The van der Waals surface area contributed by atoms with Gasteiger partial charge in [0, 0.05) is 12.2 Å². The summed E-state index contributed by atoms with van der Waals surface area (Å²) < 4.78 is 5.17. The van der Waals surface area contributed by atoms with Gasteiger partial charge in [-0.05, 0) is 44.9 Å². The van der Waals surface area contributed by atoms with Crippen molar-refractivity contribution in [2.24, 2.45) is 16.5 Å². The van der Waals surface area contributed by atoms with Gasteiger partial charge in [-0.15, -0.1) is 0 Å². The average molecular weight is 278 g/mol. The van der Waals surface area contributed by atoms with Crippen LogP contribution in [0.25, 0.3) is 0 Å². The first-order chi connectivity index (χ1) is 9.26. The van der Waals surface area contributed by atoms with Crippen LogP contribution in [0.5, 0.6) is 0 Å². The van der Waals surface area contributed by atoms with Crippen molar-refractivity contribution in [3.05, 3.63) is 29.8 Å². The van der Waals surface area contributed by atoms with Crippen molar-refractivity contribution in [3.63, 3.8) is 0 Å². The Morgan fingerprint density at radius 3 is 2.35 bits per heavy atom. The number of hydrogen-bond donors (Lipinski definition) is 3. The van der Waals surface area contributed by atoms with Gasteiger partial charge in [0.25, 0.3) is 0 Å². The maximum absolute atomic E-state index is 11.6. The Hall–Kier alpha value is -2.24. The number of nitrogens with two attached hydrogens (primary N) is 2. The van der Waals surface area contributed by atoms with Crippen LogP contribution in [-0.4, -0.2) is 24.2 Å². The van der Waals surface area contributed by atoms with Crippen LogP contribution in [0.2, 0.25) is 0 Å². The molecule has 0 saturated carbocycles. The van der Waals surface area contributed by atoms with Gasteiger partial charge in [0.1, 0.15) is 5.60 Å². The van der Waals surface area contributed by atoms with Crippen LogP contribution in [0.1, 0.15) is 26.3 Å². The van der Waals surface area contributed by atoms with Gasteiger partial charge in [-0.2, -0.15) is 0 Å². The zero-order chi connectivity index (χ0) is 15.2. The lowest BCUT2D eigenvalue weighted by Crippen LogP contribution is -2.27. The Morgan fingerprint density at radius 1 is 1.25 bits per heavy atom. The van der Waals surface area contributed by atoms with E-state index in [-0.39, 0.29) is 5.96 Å². The van der Waals surface area contributed by atoms with E-state index in [2.05, 4.69) is 10.3 Å². The molecule has 0 radical (unpaired) electrons. The van der Waals surface area contributed by atoms with Crippen LogP contribution in [0.4, 0.5) is 10.5 Å². The second-order valence-corrected chi connectivity index (χ2v) is 5.38. The van der Waals surface area contributed by atoms with Gasteiger partial charge in [-0.3, -0.25) is 10.3 Å². The molecule has 1 amide bonds. The summed E-state index contributed by atoms with van der Waals surface area (Å²) in [6, 6.07) is 7.45. The van der Waals surface area contributed by atoms with E-state index in [1.54, 1.807) is 0 Å². The van der Waals surface area contributed by atoms with E-state index >= 15 is 0 Å². The van der Waals surface area contributed by atoms with Crippen LogP contribution in [0.3, 0.4) is 0 Å². The molecule has 1 aromatic carbocycles. The fraction of sp³-hybridized carbons (Fsp3) is 0.429. The van der Waals surface area contributed by atoms with Gasteiger partial charge in [0.05, 0.1) is 0 Å². The SMILES string of the molecule is CC(C)(C)OC(=O)Nc1ccc(CCN=C(N)N)cc1. The third kappa shape index (κ3) is 6.63. The van der Waals surface area contributed by atoms with Crippen molar-refractivity contribution < 1.29 is 9.53 Å². The Kier molecular flexibility index (Phi) is 5.37. The number of guanidine groups is 1. The molecule has 0 unspecified atom stereocenters. The smallest absolute Gasteiger partial charge is 0.412 e. The summed E-state index contributed by atoms with van der Waals surface area (Å²) in [7, 11) is 0. The highest BCUT2D eigenvalue weighted by molar-refractivity contribution is 5.84. The minimum Gasteiger partial charge on any atom is -0.444 e. The van der Waals surface area contributed by atoms with E-state index in [4.69, 9.17) is 16.2 Å². The Labute approximate surface area is 119 Å². The number of amides is 1. The highest BCUT2D eigenvalue weighted by atomic mass is 16.6. The van der Waals surface area contributed by atoms with E-state index in [0.717, 1.165) is 12.0 Å². The van der Waals surface area contributed by atoms with E-state index < -0.39 is 11.7 Å². The molecule has 1 rings (SSSR count). The maximum atomic E-state index is 11.6. The molecule has 0 aliphatic rings.